The van der Waals surface area contributed by atoms with E-state index in [9.17, 15) is 13.2 Å². The van der Waals surface area contributed by atoms with Crippen molar-refractivity contribution >= 4 is 44.3 Å². The Bertz CT molecular complexity index is 659. The van der Waals surface area contributed by atoms with Gasteiger partial charge in [0, 0.05) is 25.3 Å². The highest BCUT2D eigenvalue weighted by Crippen LogP contribution is 2.29. The second-order valence-corrected chi connectivity index (χ2v) is 9.41. The van der Waals surface area contributed by atoms with Gasteiger partial charge in [0.25, 0.3) is 10.0 Å². The SMILES string of the molecule is CCC(CN(C)C(=O)Nc1nnc(S(=O)(=O)NC)s1)C1OCCS1. The number of carbonyl (C=O) groups is 1. The molecule has 1 aromatic heterocycles. The van der Waals surface area contributed by atoms with Gasteiger partial charge in [-0.3, -0.25) is 5.32 Å². The molecule has 2 atom stereocenters. The molecule has 0 spiro atoms. The van der Waals surface area contributed by atoms with Crippen LogP contribution in [0.4, 0.5) is 9.93 Å². The van der Waals surface area contributed by atoms with Gasteiger partial charge < -0.3 is 9.64 Å². The molecule has 0 radical (unpaired) electrons. The van der Waals surface area contributed by atoms with E-state index in [4.69, 9.17) is 4.74 Å². The third-order valence-electron chi connectivity index (χ3n) is 3.53. The van der Waals surface area contributed by atoms with E-state index in [2.05, 4.69) is 27.2 Å². The predicted molar refractivity (Wildman–Crippen MR) is 93.8 cm³/mol. The summed E-state index contributed by atoms with van der Waals surface area (Å²) in [6.07, 6.45) is 0.901. The van der Waals surface area contributed by atoms with E-state index in [0.717, 1.165) is 30.1 Å². The van der Waals surface area contributed by atoms with Crippen molar-refractivity contribution in [2.45, 2.75) is 23.1 Å². The van der Waals surface area contributed by atoms with E-state index < -0.39 is 10.0 Å². The topological polar surface area (TPSA) is 114 Å². The quantitative estimate of drug-likeness (QED) is 0.663. The summed E-state index contributed by atoms with van der Waals surface area (Å²) >= 11 is 2.57. The summed E-state index contributed by atoms with van der Waals surface area (Å²) in [5, 5.41) is 9.97. The Kier molecular flexibility index (Phi) is 6.80. The summed E-state index contributed by atoms with van der Waals surface area (Å²) in [7, 11) is -0.684. The maximum atomic E-state index is 12.2. The van der Waals surface area contributed by atoms with Crippen LogP contribution in [0.15, 0.2) is 4.34 Å². The smallest absolute Gasteiger partial charge is 0.323 e. The fraction of sp³-hybridized carbons (Fsp3) is 0.750. The Morgan fingerprint density at radius 2 is 2.25 bits per heavy atom. The average Bonchev–Trinajstić information content (AvgIpc) is 3.24. The molecule has 24 heavy (non-hydrogen) atoms. The molecule has 9 nitrogen and oxygen atoms in total. The molecular weight excluding hydrogens is 374 g/mol. The largest absolute Gasteiger partial charge is 0.366 e. The number of sulfonamides is 1. The monoisotopic (exact) mass is 395 g/mol. The van der Waals surface area contributed by atoms with E-state index in [1.165, 1.54) is 7.05 Å². The third-order valence-corrected chi connectivity index (χ3v) is 7.40. The predicted octanol–water partition coefficient (Wildman–Crippen LogP) is 1.03. The molecule has 1 saturated heterocycles. The number of hydrogen-bond acceptors (Lipinski definition) is 8. The zero-order valence-corrected chi connectivity index (χ0v) is 16.1. The molecule has 1 aliphatic rings. The Morgan fingerprint density at radius 1 is 1.50 bits per heavy atom. The van der Waals surface area contributed by atoms with Crippen LogP contribution in [0.1, 0.15) is 13.3 Å². The standard InChI is InChI=1S/C12H21N5O4S3/c1-4-8(9-21-5-6-22-9)7-17(3)11(18)14-10-15-16-12(23-10)24(19,20)13-2/h8-9,13H,4-7H2,1-3H3,(H,14,15,18). The molecule has 1 aliphatic heterocycles. The summed E-state index contributed by atoms with van der Waals surface area (Å²) in [5.41, 5.74) is 0.110. The zero-order chi connectivity index (χ0) is 17.7. The molecule has 0 aromatic carbocycles. The number of amides is 2. The van der Waals surface area contributed by atoms with E-state index in [-0.39, 0.29) is 26.9 Å². The summed E-state index contributed by atoms with van der Waals surface area (Å²) in [5.74, 6) is 1.22. The lowest BCUT2D eigenvalue weighted by molar-refractivity contribution is 0.0872. The summed E-state index contributed by atoms with van der Waals surface area (Å²) in [6, 6.07) is -0.360. The van der Waals surface area contributed by atoms with Crippen LogP contribution < -0.4 is 10.0 Å². The highest BCUT2D eigenvalue weighted by molar-refractivity contribution is 8.00. The van der Waals surface area contributed by atoms with Gasteiger partial charge in [0.15, 0.2) is 0 Å². The van der Waals surface area contributed by atoms with Crippen molar-refractivity contribution in [2.75, 3.05) is 38.3 Å². The fourth-order valence-corrected chi connectivity index (χ4v) is 5.02. The molecule has 0 bridgehead atoms. The van der Waals surface area contributed by atoms with Gasteiger partial charge in [-0.05, 0) is 13.5 Å². The van der Waals surface area contributed by atoms with Crippen LogP contribution in [0.3, 0.4) is 0 Å². The molecule has 136 valence electrons. The van der Waals surface area contributed by atoms with Crippen LogP contribution >= 0.6 is 23.1 Å². The number of carbonyl (C=O) groups excluding carboxylic acids is 1. The minimum Gasteiger partial charge on any atom is -0.366 e. The van der Waals surface area contributed by atoms with Crippen LogP contribution in [0.5, 0.6) is 0 Å². The summed E-state index contributed by atoms with van der Waals surface area (Å²) < 4.78 is 30.9. The number of thioether (sulfide) groups is 1. The molecule has 2 N–H and O–H groups in total. The molecule has 2 unspecified atom stereocenters. The van der Waals surface area contributed by atoms with Gasteiger partial charge in [0.1, 0.15) is 5.44 Å². The molecular formula is C12H21N5O4S3. The lowest BCUT2D eigenvalue weighted by Gasteiger charge is -2.26. The van der Waals surface area contributed by atoms with Gasteiger partial charge in [-0.2, -0.15) is 0 Å². The van der Waals surface area contributed by atoms with Gasteiger partial charge in [-0.25, -0.2) is 17.9 Å². The van der Waals surface area contributed by atoms with Crippen molar-refractivity contribution in [2.24, 2.45) is 5.92 Å². The van der Waals surface area contributed by atoms with Gasteiger partial charge in [0.2, 0.25) is 9.47 Å². The Morgan fingerprint density at radius 3 is 2.83 bits per heavy atom. The van der Waals surface area contributed by atoms with Gasteiger partial charge in [0.05, 0.1) is 6.61 Å². The van der Waals surface area contributed by atoms with Crippen LogP contribution in [0.2, 0.25) is 0 Å². The second kappa shape index (κ2) is 8.43. The van der Waals surface area contributed by atoms with Crippen molar-refractivity contribution in [3.05, 3.63) is 0 Å². The van der Waals surface area contributed by atoms with Crippen molar-refractivity contribution in [1.29, 1.82) is 0 Å². The van der Waals surface area contributed by atoms with Crippen molar-refractivity contribution in [1.82, 2.24) is 19.8 Å². The highest BCUT2D eigenvalue weighted by atomic mass is 32.2. The normalized spacial score (nSPS) is 19.2. The highest BCUT2D eigenvalue weighted by Gasteiger charge is 2.28. The minimum absolute atomic E-state index is 0.110. The van der Waals surface area contributed by atoms with Gasteiger partial charge in [-0.1, -0.05) is 18.3 Å². The fourth-order valence-electron chi connectivity index (χ4n) is 2.13. The number of hydrogen-bond donors (Lipinski definition) is 2. The van der Waals surface area contributed by atoms with E-state index >= 15 is 0 Å². The first-order valence-corrected chi connectivity index (χ1v) is 10.7. The number of rotatable bonds is 7. The van der Waals surface area contributed by atoms with Gasteiger partial charge in [-0.15, -0.1) is 22.0 Å². The molecule has 0 saturated carbocycles. The lowest BCUT2D eigenvalue weighted by atomic mass is 10.1. The Balaban J connectivity index is 1.93. The average molecular weight is 396 g/mol. The van der Waals surface area contributed by atoms with Crippen molar-refractivity contribution in [3.63, 3.8) is 0 Å². The first-order valence-electron chi connectivity index (χ1n) is 7.39. The number of anilines is 1. The van der Waals surface area contributed by atoms with Crippen LogP contribution in [-0.2, 0) is 14.8 Å². The number of nitrogens with zero attached hydrogens (tertiary/aromatic N) is 3. The number of nitrogens with one attached hydrogen (secondary N) is 2. The lowest BCUT2D eigenvalue weighted by Crippen LogP contribution is -2.38. The third kappa shape index (κ3) is 4.79. The molecule has 1 fully saturated rings. The number of ether oxygens (including phenoxy) is 1. The van der Waals surface area contributed by atoms with Crippen molar-refractivity contribution < 1.29 is 17.9 Å². The maximum Gasteiger partial charge on any atom is 0.323 e. The number of aromatic nitrogens is 2. The van der Waals surface area contributed by atoms with Crippen molar-refractivity contribution in [3.8, 4) is 0 Å². The molecule has 0 aliphatic carbocycles. The molecule has 12 heteroatoms. The Labute approximate surface area is 149 Å². The first-order chi connectivity index (χ1) is 11.4. The van der Waals surface area contributed by atoms with Crippen LogP contribution in [0, 0.1) is 5.92 Å². The van der Waals surface area contributed by atoms with E-state index in [1.54, 1.807) is 23.7 Å². The Hall–Kier alpha value is -0.950. The van der Waals surface area contributed by atoms with Crippen LogP contribution in [0.25, 0.3) is 0 Å². The second-order valence-electron chi connectivity index (χ2n) is 5.17. The molecule has 2 rings (SSSR count). The zero-order valence-electron chi connectivity index (χ0n) is 13.7. The van der Waals surface area contributed by atoms with E-state index in [0.29, 0.717) is 6.54 Å². The first kappa shape index (κ1) is 19.4. The number of urea groups is 1. The summed E-state index contributed by atoms with van der Waals surface area (Å²) in [6.45, 7) is 3.36. The summed E-state index contributed by atoms with van der Waals surface area (Å²) in [4.78, 5) is 13.8. The van der Waals surface area contributed by atoms with Crippen LogP contribution in [-0.4, -0.2) is 68.0 Å². The van der Waals surface area contributed by atoms with E-state index in [1.807, 2.05) is 0 Å². The minimum atomic E-state index is -3.66. The maximum absolute atomic E-state index is 12.2. The molecule has 2 heterocycles. The molecule has 2 amide bonds. The van der Waals surface area contributed by atoms with Gasteiger partial charge >= 0.3 is 6.03 Å². The molecule has 1 aromatic rings.